The highest BCUT2D eigenvalue weighted by Crippen LogP contribution is 2.51. The summed E-state index contributed by atoms with van der Waals surface area (Å²) < 4.78 is 35.4. The van der Waals surface area contributed by atoms with Gasteiger partial charge in [0.25, 0.3) is 5.92 Å². The molecule has 26 heavy (non-hydrogen) atoms. The number of rotatable bonds is 1. The molecule has 2 fully saturated rings. The second-order valence-electron chi connectivity index (χ2n) is 7.81. The van der Waals surface area contributed by atoms with Crippen molar-refractivity contribution in [3.63, 3.8) is 0 Å². The van der Waals surface area contributed by atoms with Gasteiger partial charge in [0, 0.05) is 48.3 Å². The normalized spacial score (nSPS) is 21.5. The summed E-state index contributed by atoms with van der Waals surface area (Å²) in [6, 6.07) is 1.57. The Morgan fingerprint density at radius 2 is 1.96 bits per heavy atom. The van der Waals surface area contributed by atoms with Crippen molar-refractivity contribution in [3.05, 3.63) is 15.1 Å². The van der Waals surface area contributed by atoms with Gasteiger partial charge in [0.15, 0.2) is 3.83 Å². The number of carbonyl (C=O) groups excluding carboxylic acids is 1. The lowest BCUT2D eigenvalue weighted by Crippen LogP contribution is -2.71. The van der Waals surface area contributed by atoms with E-state index >= 15 is 0 Å². The molecule has 1 spiro atoms. The van der Waals surface area contributed by atoms with Crippen LogP contribution in [0.4, 0.5) is 19.4 Å². The maximum Gasteiger partial charge on any atom is 0.410 e. The molecule has 0 aliphatic carbocycles. The zero-order valence-electron chi connectivity index (χ0n) is 14.7. The number of hydrogen-bond donors (Lipinski definition) is 0. The number of likely N-dealkylation sites (tertiary alicyclic amines) is 1. The predicted molar refractivity (Wildman–Crippen MR) is 102 cm³/mol. The van der Waals surface area contributed by atoms with E-state index in [1.165, 1.54) is 0 Å². The average Bonchev–Trinajstić information content (AvgIpc) is 2.41. The van der Waals surface area contributed by atoms with Crippen molar-refractivity contribution in [3.8, 4) is 0 Å². The largest absolute Gasteiger partial charge is 0.444 e. The first-order valence-corrected chi connectivity index (χ1v) is 9.67. The maximum absolute atomic E-state index is 14.9. The molecule has 2 saturated heterocycles. The highest BCUT2D eigenvalue weighted by molar-refractivity contribution is 14.1. The fourth-order valence-electron chi connectivity index (χ4n) is 3.28. The van der Waals surface area contributed by atoms with Crippen LogP contribution in [-0.2, 0) is 4.74 Å². The Labute approximate surface area is 169 Å². The van der Waals surface area contributed by atoms with Crippen LogP contribution in [-0.4, -0.2) is 58.7 Å². The third-order valence-corrected chi connectivity index (χ3v) is 5.32. The molecule has 0 bridgehead atoms. The third kappa shape index (κ3) is 3.83. The maximum atomic E-state index is 14.9. The summed E-state index contributed by atoms with van der Waals surface area (Å²) in [6.45, 7) is 5.11. The van der Waals surface area contributed by atoms with E-state index in [2.05, 4.69) is 9.97 Å². The number of anilines is 1. The number of aromatic nitrogens is 2. The number of carbonyl (C=O) groups is 1. The summed E-state index contributed by atoms with van der Waals surface area (Å²) in [5.74, 6) is -2.45. The summed E-state index contributed by atoms with van der Waals surface area (Å²) in [5, 5.41) is 0.284. The van der Waals surface area contributed by atoms with E-state index in [0.29, 0.717) is 9.65 Å². The standard InChI is InChI=1S/C16H20ClF2IN4O2/c1-14(2,3)26-13(25)23-5-4-15(16(18,19)9-23)7-24(8-15)11-6-10(17)21-12(20)22-11/h6H,4-5,7-9H2,1-3H3. The molecule has 144 valence electrons. The number of hydrogen-bond acceptors (Lipinski definition) is 5. The molecule has 10 heteroatoms. The molecule has 0 aromatic carbocycles. The lowest BCUT2D eigenvalue weighted by atomic mass is 9.69. The smallest absolute Gasteiger partial charge is 0.410 e. The molecule has 0 radical (unpaired) electrons. The first-order chi connectivity index (χ1) is 11.9. The van der Waals surface area contributed by atoms with Crippen LogP contribution in [0.15, 0.2) is 6.07 Å². The van der Waals surface area contributed by atoms with Crippen molar-refractivity contribution < 1.29 is 18.3 Å². The monoisotopic (exact) mass is 500 g/mol. The van der Waals surface area contributed by atoms with Gasteiger partial charge >= 0.3 is 6.09 Å². The van der Waals surface area contributed by atoms with Gasteiger partial charge in [-0.1, -0.05) is 11.6 Å². The van der Waals surface area contributed by atoms with E-state index in [4.69, 9.17) is 16.3 Å². The minimum atomic E-state index is -3.00. The molecule has 3 rings (SSSR count). The Morgan fingerprint density at radius 1 is 1.31 bits per heavy atom. The molecule has 1 aromatic rings. The number of alkyl halides is 2. The van der Waals surface area contributed by atoms with Gasteiger partial charge in [-0.2, -0.15) is 0 Å². The van der Waals surface area contributed by atoms with Gasteiger partial charge in [-0.25, -0.2) is 23.5 Å². The molecule has 2 aliphatic rings. The van der Waals surface area contributed by atoms with Crippen LogP contribution in [0.25, 0.3) is 0 Å². The van der Waals surface area contributed by atoms with Crippen LogP contribution in [0.5, 0.6) is 0 Å². The van der Waals surface area contributed by atoms with Crippen LogP contribution in [0.2, 0.25) is 5.15 Å². The van der Waals surface area contributed by atoms with Gasteiger partial charge in [0.1, 0.15) is 16.6 Å². The highest BCUT2D eigenvalue weighted by atomic mass is 127. The molecule has 3 heterocycles. The zero-order valence-corrected chi connectivity index (χ0v) is 17.6. The van der Waals surface area contributed by atoms with Gasteiger partial charge in [0.2, 0.25) is 0 Å². The number of amides is 1. The molecule has 0 N–H and O–H groups in total. The third-order valence-electron chi connectivity index (χ3n) is 4.64. The molecule has 6 nitrogen and oxygen atoms in total. The molecular weight excluding hydrogens is 481 g/mol. The molecule has 0 unspecified atom stereocenters. The fraction of sp³-hybridized carbons (Fsp3) is 0.688. The molecule has 1 amide bonds. The summed E-state index contributed by atoms with van der Waals surface area (Å²) in [6.07, 6.45) is -0.480. The van der Waals surface area contributed by atoms with Crippen molar-refractivity contribution in [2.75, 3.05) is 31.1 Å². The molecule has 0 saturated carbocycles. The predicted octanol–water partition coefficient (Wildman–Crippen LogP) is 3.82. The van der Waals surface area contributed by atoms with Crippen LogP contribution in [0.1, 0.15) is 27.2 Å². The van der Waals surface area contributed by atoms with Crippen LogP contribution >= 0.6 is 34.2 Å². The minimum absolute atomic E-state index is 0.172. The lowest BCUT2D eigenvalue weighted by molar-refractivity contribution is -0.176. The molecule has 2 aliphatic heterocycles. The lowest BCUT2D eigenvalue weighted by Gasteiger charge is -2.57. The Bertz CT molecular complexity index is 702. The van der Waals surface area contributed by atoms with Gasteiger partial charge in [-0.05, 0) is 27.2 Å². The van der Waals surface area contributed by atoms with Gasteiger partial charge < -0.3 is 14.5 Å². The zero-order chi connectivity index (χ0) is 19.3. The number of piperidine rings is 1. The van der Waals surface area contributed by atoms with E-state index in [1.54, 1.807) is 31.7 Å². The van der Waals surface area contributed by atoms with Crippen molar-refractivity contribution in [2.45, 2.75) is 38.7 Å². The van der Waals surface area contributed by atoms with Gasteiger partial charge in [-0.3, -0.25) is 0 Å². The van der Waals surface area contributed by atoms with Crippen LogP contribution in [0, 0.1) is 9.25 Å². The van der Waals surface area contributed by atoms with E-state index in [-0.39, 0.29) is 31.2 Å². The second-order valence-corrected chi connectivity index (χ2v) is 9.16. The first kappa shape index (κ1) is 19.8. The molecule has 1 aromatic heterocycles. The van der Waals surface area contributed by atoms with E-state index in [0.717, 1.165) is 4.90 Å². The summed E-state index contributed by atoms with van der Waals surface area (Å²) >= 11 is 7.86. The fourth-order valence-corrected chi connectivity index (χ4v) is 4.10. The van der Waals surface area contributed by atoms with Gasteiger partial charge in [0.05, 0.1) is 12.0 Å². The van der Waals surface area contributed by atoms with Gasteiger partial charge in [-0.15, -0.1) is 0 Å². The summed E-state index contributed by atoms with van der Waals surface area (Å²) in [7, 11) is 0. The van der Waals surface area contributed by atoms with E-state index < -0.39 is 29.6 Å². The topological polar surface area (TPSA) is 58.6 Å². The first-order valence-electron chi connectivity index (χ1n) is 8.22. The van der Waals surface area contributed by atoms with E-state index in [1.807, 2.05) is 22.6 Å². The van der Waals surface area contributed by atoms with Crippen LogP contribution < -0.4 is 4.90 Å². The number of halogens is 4. The Kier molecular flexibility index (Phi) is 5.00. The summed E-state index contributed by atoms with van der Waals surface area (Å²) in [4.78, 5) is 23.2. The average molecular weight is 501 g/mol. The minimum Gasteiger partial charge on any atom is -0.444 e. The number of nitrogens with zero attached hydrogens (tertiary/aromatic N) is 4. The SMILES string of the molecule is CC(C)(C)OC(=O)N1CCC2(CN(c3cc(Cl)nc(I)n3)C2)C(F)(F)C1. The number of ether oxygens (including phenoxy) is 1. The van der Waals surface area contributed by atoms with Crippen molar-refractivity contribution in [1.29, 1.82) is 0 Å². The molecule has 0 atom stereocenters. The van der Waals surface area contributed by atoms with Crippen molar-refractivity contribution >= 4 is 46.1 Å². The summed E-state index contributed by atoms with van der Waals surface area (Å²) in [5.41, 5.74) is -1.87. The Morgan fingerprint density at radius 3 is 2.50 bits per heavy atom. The Balaban J connectivity index is 1.67. The Hall–Kier alpha value is -0.970. The quantitative estimate of drug-likeness (QED) is 0.333. The van der Waals surface area contributed by atoms with Crippen molar-refractivity contribution in [2.24, 2.45) is 5.41 Å². The highest BCUT2D eigenvalue weighted by Gasteiger charge is 2.63. The van der Waals surface area contributed by atoms with Crippen molar-refractivity contribution in [1.82, 2.24) is 14.9 Å². The van der Waals surface area contributed by atoms with Crippen LogP contribution in [0.3, 0.4) is 0 Å². The van der Waals surface area contributed by atoms with E-state index in [9.17, 15) is 13.6 Å². The molecular formula is C16H20ClF2IN4O2. The second kappa shape index (κ2) is 6.57.